The van der Waals surface area contributed by atoms with Gasteiger partial charge in [0.2, 0.25) is 0 Å². The SMILES string of the molecule is COc1cc(Nc2ncc(-c3ccccc3)nc2C(N)=O)cc(OC)c1. The quantitative estimate of drug-likeness (QED) is 0.709. The molecule has 0 fully saturated rings. The Labute approximate surface area is 150 Å². The second kappa shape index (κ2) is 7.52. The van der Waals surface area contributed by atoms with Gasteiger partial charge < -0.3 is 20.5 Å². The highest BCUT2D eigenvalue weighted by atomic mass is 16.5. The van der Waals surface area contributed by atoms with Gasteiger partial charge in [-0.1, -0.05) is 30.3 Å². The number of primary amides is 1. The molecular weight excluding hydrogens is 332 g/mol. The van der Waals surface area contributed by atoms with E-state index < -0.39 is 5.91 Å². The van der Waals surface area contributed by atoms with E-state index in [2.05, 4.69) is 15.3 Å². The van der Waals surface area contributed by atoms with Gasteiger partial charge in [-0.2, -0.15) is 0 Å². The molecule has 3 aromatic rings. The van der Waals surface area contributed by atoms with Crippen molar-refractivity contribution in [1.82, 2.24) is 9.97 Å². The van der Waals surface area contributed by atoms with E-state index in [9.17, 15) is 4.79 Å². The Hall–Kier alpha value is -3.61. The molecule has 0 saturated heterocycles. The first-order valence-electron chi connectivity index (χ1n) is 7.83. The van der Waals surface area contributed by atoms with Crippen LogP contribution in [0.3, 0.4) is 0 Å². The zero-order valence-corrected chi connectivity index (χ0v) is 14.4. The molecule has 3 rings (SSSR count). The lowest BCUT2D eigenvalue weighted by atomic mass is 10.1. The first-order valence-corrected chi connectivity index (χ1v) is 7.83. The Morgan fingerprint density at radius 3 is 2.27 bits per heavy atom. The monoisotopic (exact) mass is 350 g/mol. The zero-order chi connectivity index (χ0) is 18.5. The van der Waals surface area contributed by atoms with Crippen LogP contribution in [0, 0.1) is 0 Å². The van der Waals surface area contributed by atoms with Crippen LogP contribution in [0.5, 0.6) is 11.5 Å². The number of nitrogens with two attached hydrogens (primary N) is 1. The number of carbonyl (C=O) groups is 1. The van der Waals surface area contributed by atoms with Crippen molar-refractivity contribution < 1.29 is 14.3 Å². The Kier molecular flexibility index (Phi) is 4.98. The summed E-state index contributed by atoms with van der Waals surface area (Å²) in [6.45, 7) is 0. The Balaban J connectivity index is 1.99. The summed E-state index contributed by atoms with van der Waals surface area (Å²) in [5, 5.41) is 3.05. The molecule has 0 aliphatic heterocycles. The normalized spacial score (nSPS) is 10.2. The van der Waals surface area contributed by atoms with Gasteiger partial charge in [0.25, 0.3) is 5.91 Å². The summed E-state index contributed by atoms with van der Waals surface area (Å²) in [6, 6.07) is 14.7. The molecule has 0 atom stereocenters. The predicted molar refractivity (Wildman–Crippen MR) is 98.8 cm³/mol. The first-order chi connectivity index (χ1) is 12.6. The van der Waals surface area contributed by atoms with E-state index in [0.717, 1.165) is 5.56 Å². The number of hydrogen-bond donors (Lipinski definition) is 2. The van der Waals surface area contributed by atoms with E-state index in [1.54, 1.807) is 38.6 Å². The van der Waals surface area contributed by atoms with Gasteiger partial charge in [-0.3, -0.25) is 4.79 Å². The Morgan fingerprint density at radius 2 is 1.69 bits per heavy atom. The number of methoxy groups -OCH3 is 2. The van der Waals surface area contributed by atoms with Crippen molar-refractivity contribution in [2.75, 3.05) is 19.5 Å². The molecule has 0 spiro atoms. The van der Waals surface area contributed by atoms with Gasteiger partial charge in [0.15, 0.2) is 11.5 Å². The molecule has 7 nitrogen and oxygen atoms in total. The lowest BCUT2D eigenvalue weighted by Gasteiger charge is -2.12. The number of nitrogens with zero attached hydrogens (tertiary/aromatic N) is 2. The van der Waals surface area contributed by atoms with Crippen molar-refractivity contribution >= 4 is 17.4 Å². The summed E-state index contributed by atoms with van der Waals surface area (Å²) in [7, 11) is 3.11. The highest BCUT2D eigenvalue weighted by molar-refractivity contribution is 5.96. The molecule has 1 aromatic heterocycles. The van der Waals surface area contributed by atoms with Crippen LogP contribution in [0.15, 0.2) is 54.7 Å². The maximum atomic E-state index is 11.9. The van der Waals surface area contributed by atoms with Crippen LogP contribution in [0.25, 0.3) is 11.3 Å². The second-order valence-corrected chi connectivity index (χ2v) is 5.41. The smallest absolute Gasteiger partial charge is 0.271 e. The summed E-state index contributed by atoms with van der Waals surface area (Å²) < 4.78 is 10.5. The number of carbonyl (C=O) groups excluding carboxylic acids is 1. The van der Waals surface area contributed by atoms with Crippen LogP contribution in [0.2, 0.25) is 0 Å². The molecule has 0 bridgehead atoms. The van der Waals surface area contributed by atoms with E-state index in [1.807, 2.05) is 30.3 Å². The predicted octanol–water partition coefficient (Wildman–Crippen LogP) is 3.00. The van der Waals surface area contributed by atoms with Crippen LogP contribution < -0.4 is 20.5 Å². The average Bonchev–Trinajstić information content (AvgIpc) is 2.68. The lowest BCUT2D eigenvalue weighted by Crippen LogP contribution is -2.17. The second-order valence-electron chi connectivity index (χ2n) is 5.41. The van der Waals surface area contributed by atoms with Gasteiger partial charge in [0.05, 0.1) is 26.1 Å². The summed E-state index contributed by atoms with van der Waals surface area (Å²) in [4.78, 5) is 20.6. The molecule has 0 aliphatic carbocycles. The topological polar surface area (TPSA) is 99.4 Å². The number of benzene rings is 2. The summed E-state index contributed by atoms with van der Waals surface area (Å²) in [6.07, 6.45) is 1.58. The molecule has 132 valence electrons. The van der Waals surface area contributed by atoms with Gasteiger partial charge in [0.1, 0.15) is 11.5 Å². The Morgan fingerprint density at radius 1 is 1.04 bits per heavy atom. The van der Waals surface area contributed by atoms with Crippen LogP contribution >= 0.6 is 0 Å². The van der Waals surface area contributed by atoms with Gasteiger partial charge in [0, 0.05) is 29.4 Å². The fourth-order valence-electron chi connectivity index (χ4n) is 2.42. The number of ether oxygens (including phenoxy) is 2. The van der Waals surface area contributed by atoms with Crippen molar-refractivity contribution in [3.8, 4) is 22.8 Å². The van der Waals surface area contributed by atoms with Crippen molar-refractivity contribution in [2.45, 2.75) is 0 Å². The van der Waals surface area contributed by atoms with Crippen molar-refractivity contribution in [2.24, 2.45) is 5.73 Å². The summed E-state index contributed by atoms with van der Waals surface area (Å²) in [5.41, 5.74) is 7.58. The fraction of sp³-hybridized carbons (Fsp3) is 0.105. The third kappa shape index (κ3) is 3.72. The average molecular weight is 350 g/mol. The molecule has 1 amide bonds. The number of aromatic nitrogens is 2. The number of nitrogens with one attached hydrogen (secondary N) is 1. The molecule has 0 saturated carbocycles. The zero-order valence-electron chi connectivity index (χ0n) is 14.4. The van der Waals surface area contributed by atoms with Gasteiger partial charge >= 0.3 is 0 Å². The molecule has 0 unspecified atom stereocenters. The van der Waals surface area contributed by atoms with E-state index in [1.165, 1.54) is 0 Å². The Bertz CT molecular complexity index is 907. The number of amides is 1. The van der Waals surface area contributed by atoms with Gasteiger partial charge in [-0.15, -0.1) is 0 Å². The highest BCUT2D eigenvalue weighted by Crippen LogP contribution is 2.28. The van der Waals surface area contributed by atoms with E-state index in [0.29, 0.717) is 22.9 Å². The van der Waals surface area contributed by atoms with E-state index >= 15 is 0 Å². The molecule has 0 radical (unpaired) electrons. The van der Waals surface area contributed by atoms with Gasteiger partial charge in [-0.25, -0.2) is 9.97 Å². The third-order valence-corrected chi connectivity index (χ3v) is 3.69. The third-order valence-electron chi connectivity index (χ3n) is 3.69. The van der Waals surface area contributed by atoms with Crippen LogP contribution in [-0.2, 0) is 0 Å². The fourth-order valence-corrected chi connectivity index (χ4v) is 2.42. The van der Waals surface area contributed by atoms with Crippen molar-refractivity contribution in [3.63, 3.8) is 0 Å². The van der Waals surface area contributed by atoms with Crippen LogP contribution in [0.4, 0.5) is 11.5 Å². The van der Waals surface area contributed by atoms with Crippen molar-refractivity contribution in [3.05, 3.63) is 60.4 Å². The number of anilines is 2. The number of rotatable bonds is 6. The molecule has 0 aliphatic rings. The van der Waals surface area contributed by atoms with Crippen molar-refractivity contribution in [1.29, 1.82) is 0 Å². The molecule has 1 heterocycles. The standard InChI is InChI=1S/C19H18N4O3/c1-25-14-8-13(9-15(10-14)26-2)22-19-17(18(20)24)23-16(11-21-19)12-6-4-3-5-7-12/h3-11H,1-2H3,(H2,20,24)(H,21,22). The highest BCUT2D eigenvalue weighted by Gasteiger charge is 2.15. The summed E-state index contributed by atoms with van der Waals surface area (Å²) in [5.74, 6) is 0.780. The van der Waals surface area contributed by atoms with Crippen LogP contribution in [0.1, 0.15) is 10.5 Å². The van der Waals surface area contributed by atoms with E-state index in [4.69, 9.17) is 15.2 Å². The van der Waals surface area contributed by atoms with Crippen LogP contribution in [-0.4, -0.2) is 30.1 Å². The minimum atomic E-state index is -0.673. The largest absolute Gasteiger partial charge is 0.497 e. The summed E-state index contributed by atoms with van der Waals surface area (Å²) >= 11 is 0. The minimum absolute atomic E-state index is 0.0492. The first kappa shape index (κ1) is 17.2. The van der Waals surface area contributed by atoms with Gasteiger partial charge in [-0.05, 0) is 0 Å². The maximum Gasteiger partial charge on any atom is 0.271 e. The molecule has 2 aromatic carbocycles. The van der Waals surface area contributed by atoms with E-state index in [-0.39, 0.29) is 11.5 Å². The molecular formula is C19H18N4O3. The molecule has 3 N–H and O–H groups in total. The number of hydrogen-bond acceptors (Lipinski definition) is 6. The molecule has 26 heavy (non-hydrogen) atoms. The lowest BCUT2D eigenvalue weighted by molar-refractivity contribution is 0.0996. The maximum absolute atomic E-state index is 11.9. The minimum Gasteiger partial charge on any atom is -0.497 e. The molecule has 7 heteroatoms.